The van der Waals surface area contributed by atoms with Crippen molar-refractivity contribution in [2.24, 2.45) is 28.2 Å². The van der Waals surface area contributed by atoms with Crippen LogP contribution in [-0.2, 0) is 28.2 Å². The van der Waals surface area contributed by atoms with Crippen molar-refractivity contribution in [2.45, 2.75) is 125 Å². The van der Waals surface area contributed by atoms with Crippen molar-refractivity contribution in [3.63, 3.8) is 0 Å². The molecule has 0 amide bonds. The number of hydrogen-bond donors (Lipinski definition) is 0. The molecule has 0 saturated heterocycles. The quantitative estimate of drug-likeness (QED) is 0.107. The summed E-state index contributed by atoms with van der Waals surface area (Å²) in [6.07, 6.45) is 22.7. The molecule has 0 spiro atoms. The molecule has 123 heavy (non-hydrogen) atoms. The van der Waals surface area contributed by atoms with Crippen LogP contribution in [0.3, 0.4) is 0 Å². The summed E-state index contributed by atoms with van der Waals surface area (Å²) in [5.41, 5.74) is 35.4. The Balaban J connectivity index is 0.000000106. The van der Waals surface area contributed by atoms with Gasteiger partial charge in [-0.05, 0) is 201 Å². The van der Waals surface area contributed by atoms with Gasteiger partial charge in [-0.1, -0.05) is 287 Å². The third-order valence-electron chi connectivity index (χ3n) is 27.2. The third kappa shape index (κ3) is 13.5. The van der Waals surface area contributed by atoms with Gasteiger partial charge in [-0.15, -0.1) is 0 Å². The monoisotopic (exact) mass is 1600 g/mol. The Morgan fingerprint density at radius 1 is 0.268 bits per heavy atom. The van der Waals surface area contributed by atoms with Gasteiger partial charge >= 0.3 is 0 Å². The summed E-state index contributed by atoms with van der Waals surface area (Å²) in [6.45, 7) is 15.5. The van der Waals surface area contributed by atoms with Crippen LogP contribution >= 0.6 is 0 Å². The maximum absolute atomic E-state index is 2.61. The van der Waals surface area contributed by atoms with Crippen LogP contribution in [0.5, 0.6) is 0 Å². The highest BCUT2D eigenvalue weighted by atomic mass is 15.1. The molecule has 23 rings (SSSR count). The Morgan fingerprint density at radius 3 is 1.12 bits per heavy atom. The molecule has 8 heterocycles. The minimum atomic E-state index is 0.677. The Morgan fingerprint density at radius 2 is 0.634 bits per heavy atom. The predicted octanol–water partition coefficient (Wildman–Crippen LogP) is 27.4. The van der Waals surface area contributed by atoms with Crippen LogP contribution in [0.2, 0.25) is 0 Å². The molecule has 604 valence electrons. The second-order valence-corrected chi connectivity index (χ2v) is 35.1. The first-order valence-corrected chi connectivity index (χ1v) is 44.5. The first-order valence-electron chi connectivity index (χ1n) is 44.5. The fourth-order valence-corrected chi connectivity index (χ4v) is 21.6. The van der Waals surface area contributed by atoms with Gasteiger partial charge in [-0.2, -0.15) is 17.8 Å². The summed E-state index contributed by atoms with van der Waals surface area (Å²) in [6, 6.07) is 108. The maximum Gasteiger partial charge on any atom is 0.295 e. The number of nitrogens with zero attached hydrogens (tertiary/aromatic N) is 8. The van der Waals surface area contributed by atoms with Crippen molar-refractivity contribution < 1.29 is 18.3 Å². The van der Waals surface area contributed by atoms with E-state index in [4.69, 9.17) is 0 Å². The zero-order valence-electron chi connectivity index (χ0n) is 72.9. The lowest BCUT2D eigenvalue weighted by Gasteiger charge is -2.29. The van der Waals surface area contributed by atoms with E-state index in [0.29, 0.717) is 11.8 Å². The average Bonchev–Trinajstić information content (AvgIpc) is 1.66. The lowest BCUT2D eigenvalue weighted by molar-refractivity contribution is -0.665. The van der Waals surface area contributed by atoms with E-state index in [-0.39, 0.29) is 0 Å². The molecule has 8 nitrogen and oxygen atoms in total. The van der Waals surface area contributed by atoms with Crippen LogP contribution in [0.4, 0.5) is 0 Å². The molecular formula is C115H108N8+4. The van der Waals surface area contributed by atoms with Gasteiger partial charge < -0.3 is 0 Å². The number of fused-ring (bicyclic) bond motifs is 21. The van der Waals surface area contributed by atoms with E-state index in [1.807, 2.05) is 0 Å². The summed E-state index contributed by atoms with van der Waals surface area (Å²) in [4.78, 5) is 0. The van der Waals surface area contributed by atoms with Crippen molar-refractivity contribution in [3.05, 3.63) is 372 Å². The number of aryl methyl sites for hydroxylation is 11. The molecule has 2 fully saturated rings. The molecule has 0 bridgehead atoms. The Hall–Kier alpha value is -13.6. The number of para-hydroxylation sites is 4. The third-order valence-corrected chi connectivity index (χ3v) is 27.2. The zero-order chi connectivity index (χ0) is 83.8. The number of imidazole rings is 3. The van der Waals surface area contributed by atoms with E-state index in [2.05, 4.69) is 435 Å². The molecule has 0 N–H and O–H groups in total. The second kappa shape index (κ2) is 32.4. The molecule has 0 atom stereocenters. The molecule has 0 radical (unpaired) electrons. The molecule has 13 aromatic carbocycles. The lowest BCUT2D eigenvalue weighted by atomic mass is 9.76. The van der Waals surface area contributed by atoms with Gasteiger partial charge in [0.1, 0.15) is 46.2 Å². The highest BCUT2D eigenvalue weighted by molar-refractivity contribution is 6.16. The van der Waals surface area contributed by atoms with Crippen molar-refractivity contribution in [3.8, 4) is 61.8 Å². The Bertz CT molecular complexity index is 7590. The maximum atomic E-state index is 2.61. The Labute approximate surface area is 721 Å². The number of benzene rings is 13. The minimum absolute atomic E-state index is 0.677. The van der Waals surface area contributed by atoms with Crippen LogP contribution in [0.25, 0.3) is 166 Å². The molecule has 2 aliphatic rings. The number of hydrogen-bond acceptors (Lipinski definition) is 0. The molecule has 8 heteroatoms. The summed E-state index contributed by atoms with van der Waals surface area (Å²) in [7, 11) is 8.68. The minimum Gasteiger partial charge on any atom is -0.237 e. The van der Waals surface area contributed by atoms with Crippen molar-refractivity contribution >= 4 is 104 Å². The summed E-state index contributed by atoms with van der Waals surface area (Å²) >= 11 is 0. The molecule has 0 unspecified atom stereocenters. The SMILES string of the molecule is Cc1ccc2c(c1)c1cccc(C)c1c1n2c(-c2c(C)cccc2C)c[n+]1C.Cc1cccc2c3ccccc3n(-c3cccc[n+]3C)c12.Cc1cccc2c3ccccc3n3c(-c4c(-c5ccccc5)cccc4-c4ccccc4)c[n+](C)c3c12.Cc1cccc2c3ccccc3n3c(-c4c(C5CCCCC5)cccc4C4CCCCC4)c[n+](C)c3c12. The van der Waals surface area contributed by atoms with Crippen molar-refractivity contribution in [1.82, 2.24) is 17.8 Å². The molecule has 0 aliphatic heterocycles. The number of aromatic nitrogens is 8. The van der Waals surface area contributed by atoms with Gasteiger partial charge in [0.15, 0.2) is 17.1 Å². The van der Waals surface area contributed by atoms with Gasteiger partial charge in [-0.25, -0.2) is 18.3 Å². The van der Waals surface area contributed by atoms with Crippen LogP contribution in [0.15, 0.2) is 322 Å². The predicted molar refractivity (Wildman–Crippen MR) is 515 cm³/mol. The van der Waals surface area contributed by atoms with Gasteiger partial charge in [-0.3, -0.25) is 0 Å². The average molecular weight is 1600 g/mol. The number of pyridine rings is 4. The van der Waals surface area contributed by atoms with E-state index in [1.54, 1.807) is 16.7 Å². The fourth-order valence-electron chi connectivity index (χ4n) is 21.6. The summed E-state index contributed by atoms with van der Waals surface area (Å²) in [5.74, 6) is 2.53. The molecule has 2 saturated carbocycles. The van der Waals surface area contributed by atoms with E-state index >= 15 is 0 Å². The van der Waals surface area contributed by atoms with E-state index in [9.17, 15) is 0 Å². The van der Waals surface area contributed by atoms with Gasteiger partial charge in [0, 0.05) is 65.8 Å². The molecule has 21 aromatic rings. The highest BCUT2D eigenvalue weighted by Crippen LogP contribution is 2.48. The first kappa shape index (κ1) is 78.0. The standard InChI is InChI=1S/C35H39N2.C35H27N2.C26H25N2.C19H17N2/c2*1-24-13-11-21-30-29-18-9-10-22-31(29)37-32(23-36(2)35(37)33(24)30)34-27(25-14-5-3-6-15-25)19-12-20-28(34)26-16-7-4-8-17-26;1-16-12-13-22-21(14-16)20-11-7-10-19(4)25(20)26-27(5)15-23(28(22)26)24-17(2)8-6-9-18(24)3;1-14-8-7-10-16-15-9-3-4-11-17(15)21(19(14)16)18-12-5-6-13-20(18)2/h9-13,18-23,25-26H,3-8,14-17H2,1-2H3;3-23H,1-2H3;6-15H,1-5H3;3-13H,1-2H3/q4*+1. The fraction of sp³-hybridized carbons (Fsp3) is 0.200. The topological polar surface area (TPSA) is 33.7 Å². The smallest absolute Gasteiger partial charge is 0.237 e. The summed E-state index contributed by atoms with van der Waals surface area (Å²) < 4.78 is 19.1. The van der Waals surface area contributed by atoms with E-state index in [0.717, 1.165) is 0 Å². The molecular weight excluding hydrogens is 1490 g/mol. The normalized spacial score (nSPS) is 13.4. The van der Waals surface area contributed by atoms with Gasteiger partial charge in [0.25, 0.3) is 22.8 Å². The van der Waals surface area contributed by atoms with Crippen LogP contribution in [0.1, 0.15) is 126 Å². The van der Waals surface area contributed by atoms with Gasteiger partial charge in [0.2, 0.25) is 0 Å². The largest absolute Gasteiger partial charge is 0.295 e. The van der Waals surface area contributed by atoms with Gasteiger partial charge in [0.05, 0.1) is 50.5 Å². The van der Waals surface area contributed by atoms with Crippen molar-refractivity contribution in [2.75, 3.05) is 0 Å². The summed E-state index contributed by atoms with van der Waals surface area (Å²) in [5, 5.41) is 14.5. The van der Waals surface area contributed by atoms with Crippen LogP contribution in [-0.4, -0.2) is 17.8 Å². The highest BCUT2D eigenvalue weighted by Gasteiger charge is 2.35. The van der Waals surface area contributed by atoms with Crippen molar-refractivity contribution in [1.29, 1.82) is 0 Å². The molecule has 8 aromatic heterocycles. The second-order valence-electron chi connectivity index (χ2n) is 35.1. The molecule has 2 aliphatic carbocycles. The van der Waals surface area contributed by atoms with Crippen LogP contribution in [0, 0.1) is 48.5 Å². The van der Waals surface area contributed by atoms with E-state index in [1.165, 1.54) is 263 Å². The Kier molecular flexibility index (Phi) is 20.6. The van der Waals surface area contributed by atoms with E-state index < -0.39 is 0 Å². The zero-order valence-corrected chi connectivity index (χ0v) is 72.9. The number of rotatable bonds is 8. The first-order chi connectivity index (χ1) is 60.2. The lowest BCUT2D eigenvalue weighted by Crippen LogP contribution is -2.33. The van der Waals surface area contributed by atoms with Crippen LogP contribution < -0.4 is 18.3 Å².